The average Bonchev–Trinajstić information content (AvgIpc) is 2.85. The predicted octanol–water partition coefficient (Wildman–Crippen LogP) is 3.86. The summed E-state index contributed by atoms with van der Waals surface area (Å²) < 4.78 is 86.2. The van der Waals surface area contributed by atoms with Gasteiger partial charge in [-0.25, -0.2) is 28.2 Å². The van der Waals surface area contributed by atoms with E-state index in [0.29, 0.717) is 11.6 Å². The van der Waals surface area contributed by atoms with Crippen LogP contribution in [-0.4, -0.2) is 42.0 Å². The fraction of sp³-hybridized carbons (Fsp3) is 0.292. The van der Waals surface area contributed by atoms with E-state index in [2.05, 4.69) is 15.1 Å². The zero-order chi connectivity index (χ0) is 28.5. The first-order valence-corrected chi connectivity index (χ1v) is 11.3. The van der Waals surface area contributed by atoms with Gasteiger partial charge in [0.25, 0.3) is 17.5 Å². The van der Waals surface area contributed by atoms with Crippen molar-refractivity contribution in [1.29, 1.82) is 0 Å². The van der Waals surface area contributed by atoms with E-state index in [9.17, 15) is 41.0 Å². The summed E-state index contributed by atoms with van der Waals surface area (Å²) in [5.41, 5.74) is -4.27. The zero-order valence-corrected chi connectivity index (χ0v) is 19.9. The molecule has 0 aliphatic rings. The minimum Gasteiger partial charge on any atom is -0.488 e. The number of H-pyrrole nitrogens is 1. The van der Waals surface area contributed by atoms with Crippen LogP contribution in [0.2, 0.25) is 0 Å². The highest BCUT2D eigenvalue weighted by Gasteiger charge is 2.38. The minimum absolute atomic E-state index is 0.0520. The summed E-state index contributed by atoms with van der Waals surface area (Å²) in [6.45, 7) is 1.06. The van der Waals surface area contributed by atoms with Crippen molar-refractivity contribution in [1.82, 2.24) is 24.7 Å². The molecule has 0 unspecified atom stereocenters. The molecule has 0 aliphatic heterocycles. The molecule has 2 atom stereocenters. The Hall–Kier alpha value is -4.27. The van der Waals surface area contributed by atoms with Crippen LogP contribution in [-0.2, 0) is 12.7 Å². The number of rotatable bonds is 8. The van der Waals surface area contributed by atoms with Crippen LogP contribution in [0.15, 0.2) is 52.6 Å². The Labute approximate surface area is 214 Å². The highest BCUT2D eigenvalue weighted by Crippen LogP contribution is 2.33. The average molecular weight is 555 g/mol. The van der Waals surface area contributed by atoms with Gasteiger partial charge in [0.1, 0.15) is 5.82 Å². The number of aliphatic hydroxyl groups excluding tert-OH is 1. The third-order valence-electron chi connectivity index (χ3n) is 5.67. The fourth-order valence-corrected chi connectivity index (χ4v) is 3.90. The van der Waals surface area contributed by atoms with E-state index in [1.165, 1.54) is 25.3 Å². The first kappa shape index (κ1) is 27.8. The molecule has 3 aromatic heterocycles. The number of nitrogens with one attached hydrogen (secondary N) is 1. The molecule has 4 rings (SSSR count). The monoisotopic (exact) mass is 555 g/mol. The molecule has 3 heterocycles. The van der Waals surface area contributed by atoms with Crippen molar-refractivity contribution in [2.75, 3.05) is 0 Å². The number of aromatic nitrogens is 5. The Bertz CT molecular complexity index is 1600. The van der Waals surface area contributed by atoms with Crippen molar-refractivity contribution in [3.63, 3.8) is 0 Å². The number of nitrogens with zero attached hydrogens (tertiary/aromatic N) is 4. The lowest BCUT2D eigenvalue weighted by Gasteiger charge is -2.20. The molecular formula is C24H19F6N5O4. The largest absolute Gasteiger partial charge is 0.488 e. The Balaban J connectivity index is 1.51. The maximum Gasteiger partial charge on any atom is 0.425 e. The molecule has 0 spiro atoms. The fourth-order valence-electron chi connectivity index (χ4n) is 3.90. The van der Waals surface area contributed by atoms with Gasteiger partial charge in [-0.1, -0.05) is 0 Å². The van der Waals surface area contributed by atoms with E-state index >= 15 is 0 Å². The molecule has 0 fully saturated rings. The smallest absolute Gasteiger partial charge is 0.425 e. The van der Waals surface area contributed by atoms with Gasteiger partial charge in [0.15, 0.2) is 17.1 Å². The van der Waals surface area contributed by atoms with Gasteiger partial charge in [0.2, 0.25) is 0 Å². The van der Waals surface area contributed by atoms with Crippen LogP contribution in [0.3, 0.4) is 0 Å². The lowest BCUT2D eigenvalue weighted by Crippen LogP contribution is -2.31. The first-order chi connectivity index (χ1) is 18.3. The number of hydrogen-bond donors (Lipinski definition) is 2. The third kappa shape index (κ3) is 6.08. The number of alkyl halides is 5. The number of fused-ring (bicyclic) bond motifs is 1. The second-order valence-corrected chi connectivity index (χ2v) is 8.59. The summed E-state index contributed by atoms with van der Waals surface area (Å²) in [7, 11) is 0. The quantitative estimate of drug-likeness (QED) is 0.317. The van der Waals surface area contributed by atoms with Crippen LogP contribution in [0.1, 0.15) is 30.9 Å². The Morgan fingerprint density at radius 2 is 1.82 bits per heavy atom. The van der Waals surface area contributed by atoms with Crippen LogP contribution >= 0.6 is 0 Å². The molecule has 0 bridgehead atoms. The number of aliphatic hydroxyl groups is 1. The number of benzene rings is 1. The van der Waals surface area contributed by atoms with E-state index in [0.717, 1.165) is 23.0 Å². The van der Waals surface area contributed by atoms with Crippen LogP contribution < -0.4 is 15.9 Å². The molecule has 0 amide bonds. The normalized spacial score (nSPS) is 13.6. The van der Waals surface area contributed by atoms with Gasteiger partial charge in [-0.3, -0.25) is 9.59 Å². The van der Waals surface area contributed by atoms with Gasteiger partial charge in [-0.2, -0.15) is 18.3 Å². The molecule has 15 heteroatoms. The lowest BCUT2D eigenvalue weighted by molar-refractivity contribution is -0.140. The Morgan fingerprint density at radius 3 is 2.46 bits per heavy atom. The maximum atomic E-state index is 14.8. The van der Waals surface area contributed by atoms with E-state index in [-0.39, 0.29) is 29.7 Å². The van der Waals surface area contributed by atoms with Crippen LogP contribution in [0.4, 0.5) is 26.3 Å². The second kappa shape index (κ2) is 10.8. The zero-order valence-electron chi connectivity index (χ0n) is 19.9. The minimum atomic E-state index is -5.00. The molecule has 0 radical (unpaired) electrons. The SMILES string of the molecule is C[C@H](C[C@H](O)Cn1ccc2cc(-c3ncc(C(F)F)cn3)c(F)cc2c1=O)Oc1cn[nH]c(=O)c1C(F)(F)F. The van der Waals surface area contributed by atoms with Gasteiger partial charge in [0.05, 0.1) is 41.5 Å². The van der Waals surface area contributed by atoms with Crippen molar-refractivity contribution in [3.8, 4) is 17.1 Å². The van der Waals surface area contributed by atoms with Crippen molar-refractivity contribution in [2.24, 2.45) is 0 Å². The van der Waals surface area contributed by atoms with Gasteiger partial charge >= 0.3 is 6.18 Å². The summed E-state index contributed by atoms with van der Waals surface area (Å²) in [4.78, 5) is 32.0. The highest BCUT2D eigenvalue weighted by molar-refractivity contribution is 5.85. The van der Waals surface area contributed by atoms with E-state index in [4.69, 9.17) is 4.74 Å². The van der Waals surface area contributed by atoms with Gasteiger partial charge in [-0.05, 0) is 30.5 Å². The number of pyridine rings is 1. The maximum absolute atomic E-state index is 14.8. The molecule has 4 aromatic rings. The molecule has 2 N–H and O–H groups in total. The molecule has 9 nitrogen and oxygen atoms in total. The Kier molecular flexibility index (Phi) is 7.72. The molecule has 1 aromatic carbocycles. The van der Waals surface area contributed by atoms with Crippen LogP contribution in [0.5, 0.6) is 5.75 Å². The Morgan fingerprint density at radius 1 is 1.13 bits per heavy atom. The third-order valence-corrected chi connectivity index (χ3v) is 5.67. The van der Waals surface area contributed by atoms with E-state index in [1.807, 2.05) is 0 Å². The van der Waals surface area contributed by atoms with Gasteiger partial charge in [0, 0.05) is 25.0 Å². The van der Waals surface area contributed by atoms with E-state index < -0.39 is 58.6 Å². The molecule has 206 valence electrons. The van der Waals surface area contributed by atoms with E-state index in [1.54, 1.807) is 5.10 Å². The standard InChI is InChI=1S/C24H19F6N5O4/c1-11(39-18-9-33-34-22(37)19(18)24(28,29)30)4-14(36)10-35-3-2-12-5-16(17(25)6-15(12)23(35)38)21-31-7-13(8-32-21)20(26)27/h2-3,5-9,11,14,20,36H,4,10H2,1H3,(H,34,37)/t11-,14+/m1/s1. The van der Waals surface area contributed by atoms with Crippen molar-refractivity contribution < 1.29 is 36.2 Å². The number of halogens is 6. The molecular weight excluding hydrogens is 536 g/mol. The second-order valence-electron chi connectivity index (χ2n) is 8.59. The molecule has 39 heavy (non-hydrogen) atoms. The van der Waals surface area contributed by atoms with Crippen molar-refractivity contribution in [2.45, 2.75) is 44.7 Å². The topological polar surface area (TPSA) is 123 Å². The molecule has 0 saturated carbocycles. The highest BCUT2D eigenvalue weighted by atomic mass is 19.4. The summed E-state index contributed by atoms with van der Waals surface area (Å²) >= 11 is 0. The lowest BCUT2D eigenvalue weighted by atomic mass is 10.1. The van der Waals surface area contributed by atoms with Gasteiger partial charge < -0.3 is 14.4 Å². The number of aromatic amines is 1. The first-order valence-electron chi connectivity index (χ1n) is 11.3. The van der Waals surface area contributed by atoms with Crippen molar-refractivity contribution >= 4 is 10.8 Å². The number of ether oxygens (including phenoxy) is 1. The summed E-state index contributed by atoms with van der Waals surface area (Å²) in [5.74, 6) is -1.85. The van der Waals surface area contributed by atoms with Crippen molar-refractivity contribution in [3.05, 3.63) is 80.6 Å². The van der Waals surface area contributed by atoms with Gasteiger partial charge in [-0.15, -0.1) is 0 Å². The summed E-state index contributed by atoms with van der Waals surface area (Å²) in [6.07, 6.45) is -6.55. The molecule has 0 aliphatic carbocycles. The van der Waals surface area contributed by atoms with Crippen LogP contribution in [0.25, 0.3) is 22.2 Å². The molecule has 0 saturated heterocycles. The number of hydrogen-bond acceptors (Lipinski definition) is 7. The predicted molar refractivity (Wildman–Crippen MR) is 125 cm³/mol. The summed E-state index contributed by atoms with van der Waals surface area (Å²) in [5, 5.41) is 15.7. The van der Waals surface area contributed by atoms with Crippen LogP contribution in [0, 0.1) is 5.82 Å². The summed E-state index contributed by atoms with van der Waals surface area (Å²) in [6, 6.07) is 3.68.